The molecule has 1 atom stereocenters. The van der Waals surface area contributed by atoms with Crippen LogP contribution in [-0.4, -0.2) is 6.54 Å². The monoisotopic (exact) mass is 287 g/mol. The van der Waals surface area contributed by atoms with Crippen LogP contribution in [0.5, 0.6) is 0 Å². The van der Waals surface area contributed by atoms with Crippen LogP contribution >= 0.6 is 0 Å². The molecule has 110 valence electrons. The molecular weight excluding hydrogens is 268 g/mol. The average molecular weight is 287 g/mol. The maximum atomic E-state index is 13.7. The van der Waals surface area contributed by atoms with Gasteiger partial charge < -0.3 is 5.73 Å². The molecule has 0 spiro atoms. The van der Waals surface area contributed by atoms with E-state index >= 15 is 0 Å². The van der Waals surface area contributed by atoms with Crippen LogP contribution < -0.4 is 5.73 Å². The van der Waals surface area contributed by atoms with Gasteiger partial charge in [0.15, 0.2) is 11.6 Å². The van der Waals surface area contributed by atoms with E-state index in [0.717, 1.165) is 36.8 Å². The number of fused-ring (bicyclic) bond motifs is 2. The average Bonchev–Trinajstić information content (AvgIpc) is 2.63. The molecular formula is C18H19F2N. The number of rotatable bonds is 3. The van der Waals surface area contributed by atoms with E-state index < -0.39 is 11.6 Å². The highest BCUT2D eigenvalue weighted by Crippen LogP contribution is 2.37. The van der Waals surface area contributed by atoms with Gasteiger partial charge in [-0.05, 0) is 66.6 Å². The quantitative estimate of drug-likeness (QED) is 0.909. The largest absolute Gasteiger partial charge is 0.330 e. The van der Waals surface area contributed by atoms with Crippen LogP contribution in [0.1, 0.15) is 41.0 Å². The Morgan fingerprint density at radius 2 is 1.67 bits per heavy atom. The molecule has 1 aliphatic rings. The van der Waals surface area contributed by atoms with Crippen molar-refractivity contribution in [2.45, 2.75) is 31.6 Å². The topological polar surface area (TPSA) is 26.0 Å². The number of hydrogen-bond donors (Lipinski definition) is 1. The lowest BCUT2D eigenvalue weighted by molar-refractivity contribution is 0.503. The lowest BCUT2D eigenvalue weighted by Gasteiger charge is -2.20. The zero-order valence-electron chi connectivity index (χ0n) is 11.9. The Hall–Kier alpha value is -1.74. The van der Waals surface area contributed by atoms with E-state index in [1.807, 2.05) is 12.1 Å². The van der Waals surface area contributed by atoms with Gasteiger partial charge in [-0.1, -0.05) is 24.3 Å². The molecule has 0 aromatic heterocycles. The highest BCUT2D eigenvalue weighted by Gasteiger charge is 2.24. The lowest BCUT2D eigenvalue weighted by Crippen LogP contribution is -2.08. The molecule has 0 saturated carbocycles. The lowest BCUT2D eigenvalue weighted by atomic mass is 9.84. The van der Waals surface area contributed by atoms with E-state index in [2.05, 4.69) is 12.1 Å². The first-order chi connectivity index (χ1) is 10.2. The molecule has 0 amide bonds. The maximum Gasteiger partial charge on any atom is 0.159 e. The second-order valence-corrected chi connectivity index (χ2v) is 5.65. The molecule has 2 N–H and O–H groups in total. The summed E-state index contributed by atoms with van der Waals surface area (Å²) < 4.78 is 27.3. The van der Waals surface area contributed by atoms with Crippen molar-refractivity contribution in [2.75, 3.05) is 6.54 Å². The van der Waals surface area contributed by atoms with Crippen LogP contribution in [-0.2, 0) is 12.8 Å². The van der Waals surface area contributed by atoms with Crippen molar-refractivity contribution in [3.8, 4) is 0 Å². The van der Waals surface area contributed by atoms with Gasteiger partial charge in [0.05, 0.1) is 0 Å². The van der Waals surface area contributed by atoms with Gasteiger partial charge in [0.25, 0.3) is 0 Å². The third kappa shape index (κ3) is 2.70. The summed E-state index contributed by atoms with van der Waals surface area (Å²) in [5.74, 6) is -1.40. The van der Waals surface area contributed by atoms with E-state index in [0.29, 0.717) is 6.54 Å². The minimum absolute atomic E-state index is 0.109. The summed E-state index contributed by atoms with van der Waals surface area (Å²) in [7, 11) is 0. The number of nitrogens with two attached hydrogens (primary N) is 1. The molecule has 21 heavy (non-hydrogen) atoms. The first kappa shape index (κ1) is 14.2. The summed E-state index contributed by atoms with van der Waals surface area (Å²) in [6.45, 7) is 0.609. The van der Waals surface area contributed by atoms with Crippen LogP contribution in [0.15, 0.2) is 36.4 Å². The number of aryl methyl sites for hydroxylation is 2. The highest BCUT2D eigenvalue weighted by atomic mass is 19.2. The van der Waals surface area contributed by atoms with Gasteiger partial charge in [-0.2, -0.15) is 0 Å². The Morgan fingerprint density at radius 3 is 2.48 bits per heavy atom. The zero-order valence-corrected chi connectivity index (χ0v) is 11.9. The first-order valence-corrected chi connectivity index (χ1v) is 7.46. The molecule has 3 rings (SSSR count). The summed E-state index contributed by atoms with van der Waals surface area (Å²) >= 11 is 0. The van der Waals surface area contributed by atoms with Crippen molar-refractivity contribution in [1.82, 2.24) is 0 Å². The van der Waals surface area contributed by atoms with Crippen molar-refractivity contribution in [3.63, 3.8) is 0 Å². The van der Waals surface area contributed by atoms with Gasteiger partial charge in [-0.25, -0.2) is 8.78 Å². The molecule has 1 unspecified atom stereocenters. The second kappa shape index (κ2) is 5.94. The number of benzene rings is 2. The SMILES string of the molecule is NCCCC1c2ccccc2CCc2cc(F)c(F)cc21. The fraction of sp³-hybridized carbons (Fsp3) is 0.333. The van der Waals surface area contributed by atoms with Crippen molar-refractivity contribution in [2.24, 2.45) is 5.73 Å². The molecule has 1 nitrogen and oxygen atoms in total. The fourth-order valence-electron chi connectivity index (χ4n) is 3.32. The normalized spacial score (nSPS) is 17.0. The van der Waals surface area contributed by atoms with Crippen LogP contribution in [0, 0.1) is 11.6 Å². The van der Waals surface area contributed by atoms with E-state index in [1.54, 1.807) is 0 Å². The predicted octanol–water partition coefficient (Wildman–Crippen LogP) is 3.93. The summed E-state index contributed by atoms with van der Waals surface area (Å²) in [6.07, 6.45) is 3.36. The Kier molecular flexibility index (Phi) is 4.02. The van der Waals surface area contributed by atoms with Crippen molar-refractivity contribution in [3.05, 3.63) is 70.3 Å². The second-order valence-electron chi connectivity index (χ2n) is 5.65. The zero-order chi connectivity index (χ0) is 14.8. The molecule has 0 radical (unpaired) electrons. The summed E-state index contributed by atoms with van der Waals surface area (Å²) in [6, 6.07) is 11.0. The Balaban J connectivity index is 2.13. The van der Waals surface area contributed by atoms with Crippen molar-refractivity contribution < 1.29 is 8.78 Å². The summed E-state index contributed by atoms with van der Waals surface area (Å²) in [5.41, 5.74) is 10.00. The van der Waals surface area contributed by atoms with Gasteiger partial charge >= 0.3 is 0 Å². The van der Waals surface area contributed by atoms with E-state index in [1.165, 1.54) is 23.3 Å². The standard InChI is InChI=1S/C18H19F2N/c19-17-10-13-8-7-12-4-1-2-5-14(12)15(6-3-9-21)16(13)11-18(17)20/h1-2,4-5,10-11,15H,3,6-9,21H2. The Bertz CT molecular complexity index is 652. The molecule has 3 heteroatoms. The first-order valence-electron chi connectivity index (χ1n) is 7.46. The van der Waals surface area contributed by atoms with Crippen LogP contribution in [0.4, 0.5) is 8.78 Å². The predicted molar refractivity (Wildman–Crippen MR) is 80.3 cm³/mol. The summed E-state index contributed by atoms with van der Waals surface area (Å²) in [5, 5.41) is 0. The third-order valence-electron chi connectivity index (χ3n) is 4.35. The van der Waals surface area contributed by atoms with Crippen molar-refractivity contribution >= 4 is 0 Å². The Labute approximate surface area is 123 Å². The van der Waals surface area contributed by atoms with E-state index in [9.17, 15) is 8.78 Å². The molecule has 0 bridgehead atoms. The van der Waals surface area contributed by atoms with Gasteiger partial charge in [0, 0.05) is 5.92 Å². The van der Waals surface area contributed by atoms with E-state index in [-0.39, 0.29) is 5.92 Å². The molecule has 0 heterocycles. The van der Waals surface area contributed by atoms with Gasteiger partial charge in [0.2, 0.25) is 0 Å². The number of halogens is 2. The molecule has 0 fully saturated rings. The fourth-order valence-corrected chi connectivity index (χ4v) is 3.32. The Morgan fingerprint density at radius 1 is 0.952 bits per heavy atom. The van der Waals surface area contributed by atoms with Gasteiger partial charge in [0.1, 0.15) is 0 Å². The minimum atomic E-state index is -0.758. The molecule has 1 aliphatic carbocycles. The molecule has 2 aromatic carbocycles. The molecule has 0 saturated heterocycles. The highest BCUT2D eigenvalue weighted by molar-refractivity contribution is 5.45. The molecule has 2 aromatic rings. The maximum absolute atomic E-state index is 13.7. The minimum Gasteiger partial charge on any atom is -0.330 e. The van der Waals surface area contributed by atoms with Crippen LogP contribution in [0.2, 0.25) is 0 Å². The molecule has 0 aliphatic heterocycles. The third-order valence-corrected chi connectivity index (χ3v) is 4.35. The van der Waals surface area contributed by atoms with E-state index in [4.69, 9.17) is 5.73 Å². The smallest absolute Gasteiger partial charge is 0.159 e. The van der Waals surface area contributed by atoms with Crippen LogP contribution in [0.3, 0.4) is 0 Å². The number of hydrogen-bond acceptors (Lipinski definition) is 1. The van der Waals surface area contributed by atoms with Gasteiger partial charge in [-0.3, -0.25) is 0 Å². The van der Waals surface area contributed by atoms with Gasteiger partial charge in [-0.15, -0.1) is 0 Å². The summed E-state index contributed by atoms with van der Waals surface area (Å²) in [4.78, 5) is 0. The van der Waals surface area contributed by atoms with Crippen LogP contribution in [0.25, 0.3) is 0 Å². The van der Waals surface area contributed by atoms with Crippen molar-refractivity contribution in [1.29, 1.82) is 0 Å².